The summed E-state index contributed by atoms with van der Waals surface area (Å²) in [7, 11) is 1.61. The zero-order chi connectivity index (χ0) is 14.7. The van der Waals surface area contributed by atoms with Crippen molar-refractivity contribution in [3.8, 4) is 5.75 Å². The van der Waals surface area contributed by atoms with Crippen LogP contribution in [0.1, 0.15) is 28.3 Å². The van der Waals surface area contributed by atoms with Crippen LogP contribution in [-0.2, 0) is 6.42 Å². The second-order valence-corrected chi connectivity index (χ2v) is 5.61. The van der Waals surface area contributed by atoms with Crippen molar-refractivity contribution >= 4 is 11.6 Å². The molecule has 0 saturated heterocycles. The topological polar surface area (TPSA) is 35.2 Å². The van der Waals surface area contributed by atoms with Crippen LogP contribution in [0.5, 0.6) is 5.75 Å². The number of halogens is 1. The van der Waals surface area contributed by atoms with Crippen molar-refractivity contribution < 1.29 is 4.74 Å². The smallest absolute Gasteiger partial charge is 0.137 e. The molecular weight excluding hydrogens is 270 g/mol. The maximum atomic E-state index is 6.30. The number of hydrogen-bond donors (Lipinski definition) is 1. The van der Waals surface area contributed by atoms with Crippen LogP contribution in [0.25, 0.3) is 0 Å². The molecule has 2 aromatic rings. The molecule has 0 aliphatic carbocycles. The molecule has 1 atom stereocenters. The highest BCUT2D eigenvalue weighted by atomic mass is 35.5. The van der Waals surface area contributed by atoms with Gasteiger partial charge in [0.25, 0.3) is 0 Å². The fourth-order valence-corrected chi connectivity index (χ4v) is 2.66. The van der Waals surface area contributed by atoms with Crippen LogP contribution in [-0.4, -0.2) is 7.11 Å². The Balaban J connectivity index is 2.21. The molecule has 3 heteroatoms. The minimum Gasteiger partial charge on any atom is -0.495 e. The Bertz CT molecular complexity index is 590. The van der Waals surface area contributed by atoms with Gasteiger partial charge in [-0.3, -0.25) is 0 Å². The van der Waals surface area contributed by atoms with Crippen LogP contribution < -0.4 is 10.5 Å². The summed E-state index contributed by atoms with van der Waals surface area (Å²) in [5, 5.41) is 0.606. The van der Waals surface area contributed by atoms with Gasteiger partial charge in [-0.25, -0.2) is 0 Å². The van der Waals surface area contributed by atoms with E-state index in [9.17, 15) is 0 Å². The molecule has 0 aliphatic heterocycles. The molecule has 0 aromatic heterocycles. The normalized spacial score (nSPS) is 12.2. The number of ether oxygens (including phenoxy) is 1. The molecule has 2 nitrogen and oxygen atoms in total. The first-order valence-corrected chi connectivity index (χ1v) is 7.03. The molecule has 1 unspecified atom stereocenters. The first-order valence-electron chi connectivity index (χ1n) is 6.66. The Hall–Kier alpha value is -1.51. The van der Waals surface area contributed by atoms with E-state index in [-0.39, 0.29) is 6.04 Å². The number of hydrogen-bond acceptors (Lipinski definition) is 2. The van der Waals surface area contributed by atoms with Crippen LogP contribution in [0.3, 0.4) is 0 Å². The molecule has 0 aliphatic rings. The largest absolute Gasteiger partial charge is 0.495 e. The van der Waals surface area contributed by atoms with E-state index in [0.29, 0.717) is 10.8 Å². The fraction of sp³-hybridized carbons (Fsp3) is 0.294. The number of methoxy groups -OCH3 is 1. The van der Waals surface area contributed by atoms with Gasteiger partial charge in [0, 0.05) is 6.04 Å². The van der Waals surface area contributed by atoms with Gasteiger partial charge in [0.2, 0.25) is 0 Å². The maximum absolute atomic E-state index is 6.30. The van der Waals surface area contributed by atoms with E-state index >= 15 is 0 Å². The molecule has 0 saturated carbocycles. The molecule has 0 fully saturated rings. The van der Waals surface area contributed by atoms with Crippen LogP contribution in [0.15, 0.2) is 36.4 Å². The van der Waals surface area contributed by atoms with Crippen LogP contribution in [0.4, 0.5) is 0 Å². The summed E-state index contributed by atoms with van der Waals surface area (Å²) in [4.78, 5) is 0. The number of benzene rings is 2. The molecule has 106 valence electrons. The second-order valence-electron chi connectivity index (χ2n) is 5.20. The molecular formula is C17H20ClNO. The van der Waals surface area contributed by atoms with Gasteiger partial charge in [-0.1, -0.05) is 47.0 Å². The van der Waals surface area contributed by atoms with Crippen LogP contribution in [0, 0.1) is 13.8 Å². The molecule has 0 spiro atoms. The molecule has 2 N–H and O–H groups in total. The number of nitrogens with two attached hydrogens (primary N) is 1. The van der Waals surface area contributed by atoms with Gasteiger partial charge in [-0.05, 0) is 43.5 Å². The van der Waals surface area contributed by atoms with E-state index in [4.69, 9.17) is 22.1 Å². The lowest BCUT2D eigenvalue weighted by atomic mass is 9.97. The number of aryl methyl sites for hydroxylation is 2. The summed E-state index contributed by atoms with van der Waals surface area (Å²) in [6, 6.07) is 12.2. The van der Waals surface area contributed by atoms with E-state index < -0.39 is 0 Å². The van der Waals surface area contributed by atoms with Gasteiger partial charge in [0.1, 0.15) is 5.75 Å². The molecule has 0 bridgehead atoms. The Kier molecular flexibility index (Phi) is 4.69. The van der Waals surface area contributed by atoms with Crippen molar-refractivity contribution in [2.45, 2.75) is 26.3 Å². The molecule has 0 heterocycles. The first-order chi connectivity index (χ1) is 9.49. The predicted octanol–water partition coefficient (Wildman–Crippen LogP) is 4.21. The van der Waals surface area contributed by atoms with Gasteiger partial charge >= 0.3 is 0 Å². The van der Waals surface area contributed by atoms with E-state index in [1.807, 2.05) is 18.2 Å². The van der Waals surface area contributed by atoms with E-state index in [0.717, 1.165) is 12.0 Å². The summed E-state index contributed by atoms with van der Waals surface area (Å²) in [5.41, 5.74) is 11.1. The molecule has 2 aromatic carbocycles. The Morgan fingerprint density at radius 1 is 1.10 bits per heavy atom. The zero-order valence-corrected chi connectivity index (χ0v) is 12.9. The quantitative estimate of drug-likeness (QED) is 0.915. The molecule has 0 radical (unpaired) electrons. The lowest BCUT2D eigenvalue weighted by Crippen LogP contribution is -2.13. The third-order valence-corrected chi connectivity index (χ3v) is 3.65. The third-order valence-electron chi connectivity index (χ3n) is 3.34. The van der Waals surface area contributed by atoms with Crippen LogP contribution >= 0.6 is 11.6 Å². The van der Waals surface area contributed by atoms with Crippen molar-refractivity contribution in [2.75, 3.05) is 7.11 Å². The van der Waals surface area contributed by atoms with Crippen molar-refractivity contribution in [3.63, 3.8) is 0 Å². The summed E-state index contributed by atoms with van der Waals surface area (Å²) < 4.78 is 5.24. The molecule has 20 heavy (non-hydrogen) atoms. The fourth-order valence-electron chi connectivity index (χ4n) is 2.47. The zero-order valence-electron chi connectivity index (χ0n) is 12.1. The van der Waals surface area contributed by atoms with E-state index in [1.54, 1.807) is 7.11 Å². The highest BCUT2D eigenvalue weighted by Gasteiger charge is 2.10. The second kappa shape index (κ2) is 6.29. The lowest BCUT2D eigenvalue weighted by Gasteiger charge is -2.15. The van der Waals surface area contributed by atoms with Crippen molar-refractivity contribution in [3.05, 3.63) is 63.7 Å². The Labute approximate surface area is 125 Å². The summed E-state index contributed by atoms with van der Waals surface area (Å²) in [6.07, 6.45) is 0.799. The Morgan fingerprint density at radius 3 is 2.35 bits per heavy atom. The van der Waals surface area contributed by atoms with Gasteiger partial charge in [0.05, 0.1) is 12.1 Å². The minimum atomic E-state index is -0.0673. The van der Waals surface area contributed by atoms with Gasteiger partial charge in [-0.15, -0.1) is 0 Å². The average Bonchev–Trinajstić information content (AvgIpc) is 2.37. The van der Waals surface area contributed by atoms with Gasteiger partial charge in [-0.2, -0.15) is 0 Å². The third kappa shape index (κ3) is 3.53. The number of rotatable bonds is 4. The van der Waals surface area contributed by atoms with Crippen molar-refractivity contribution in [1.82, 2.24) is 0 Å². The molecule has 0 amide bonds. The van der Waals surface area contributed by atoms with Crippen LogP contribution in [0.2, 0.25) is 5.02 Å². The monoisotopic (exact) mass is 289 g/mol. The standard InChI is InChI=1S/C17H20ClNO/c1-11-6-12(2)8-13(7-11)9-16(19)14-4-5-15(18)17(10-14)20-3/h4-8,10,16H,9,19H2,1-3H3. The SMILES string of the molecule is COc1cc(C(N)Cc2cc(C)cc(C)c2)ccc1Cl. The van der Waals surface area contributed by atoms with Crippen molar-refractivity contribution in [2.24, 2.45) is 5.73 Å². The van der Waals surface area contributed by atoms with Gasteiger partial charge < -0.3 is 10.5 Å². The predicted molar refractivity (Wildman–Crippen MR) is 84.6 cm³/mol. The summed E-state index contributed by atoms with van der Waals surface area (Å²) >= 11 is 6.04. The van der Waals surface area contributed by atoms with Gasteiger partial charge in [0.15, 0.2) is 0 Å². The minimum absolute atomic E-state index is 0.0673. The van der Waals surface area contributed by atoms with Crippen molar-refractivity contribution in [1.29, 1.82) is 0 Å². The molecule has 2 rings (SSSR count). The first kappa shape index (κ1) is 14.9. The highest BCUT2D eigenvalue weighted by Crippen LogP contribution is 2.28. The lowest BCUT2D eigenvalue weighted by molar-refractivity contribution is 0.414. The maximum Gasteiger partial charge on any atom is 0.137 e. The summed E-state index contributed by atoms with van der Waals surface area (Å²) in [6.45, 7) is 4.21. The Morgan fingerprint density at radius 2 is 1.75 bits per heavy atom. The average molecular weight is 290 g/mol. The summed E-state index contributed by atoms with van der Waals surface area (Å²) in [5.74, 6) is 0.667. The highest BCUT2D eigenvalue weighted by molar-refractivity contribution is 6.32. The van der Waals surface area contributed by atoms with E-state index in [2.05, 4.69) is 32.0 Å². The van der Waals surface area contributed by atoms with E-state index in [1.165, 1.54) is 16.7 Å².